The highest BCUT2D eigenvalue weighted by Crippen LogP contribution is 2.41. The number of hydrogen-bond donors (Lipinski definition) is 2. The molecule has 3 aromatic rings. The number of hydrogen-bond acceptors (Lipinski definition) is 5. The number of nitrogens with one attached hydrogen (secondary N) is 1. The molecule has 2 aromatic carbocycles. The van der Waals surface area contributed by atoms with Crippen LogP contribution in [0.2, 0.25) is 0 Å². The second-order valence-corrected chi connectivity index (χ2v) is 10.2. The van der Waals surface area contributed by atoms with Crippen molar-refractivity contribution in [2.24, 2.45) is 0 Å². The number of aryl methyl sites for hydroxylation is 1. The van der Waals surface area contributed by atoms with E-state index in [2.05, 4.69) is 10.3 Å². The average Bonchev–Trinajstić information content (AvgIpc) is 2.81. The van der Waals surface area contributed by atoms with Crippen molar-refractivity contribution in [3.05, 3.63) is 82.7 Å². The summed E-state index contributed by atoms with van der Waals surface area (Å²) in [5, 5.41) is 13.8. The molecule has 0 atom stereocenters. The van der Waals surface area contributed by atoms with Crippen LogP contribution in [0, 0.1) is 6.92 Å². The summed E-state index contributed by atoms with van der Waals surface area (Å²) in [6.45, 7) is 4.90. The van der Waals surface area contributed by atoms with Gasteiger partial charge >= 0.3 is 0 Å². The summed E-state index contributed by atoms with van der Waals surface area (Å²) in [4.78, 5) is 16.9. The molecule has 1 aromatic heterocycles. The number of alkyl halides is 2. The number of carbonyl (C=O) groups is 1. The quantitative estimate of drug-likeness (QED) is 0.508. The van der Waals surface area contributed by atoms with Crippen LogP contribution in [0.4, 0.5) is 14.5 Å². The van der Waals surface area contributed by atoms with Crippen LogP contribution < -0.4 is 5.32 Å². The van der Waals surface area contributed by atoms with E-state index in [1.807, 2.05) is 19.1 Å². The molecule has 36 heavy (non-hydrogen) atoms. The second kappa shape index (κ2) is 8.73. The highest BCUT2D eigenvalue weighted by Gasteiger charge is 2.44. The first-order valence-electron chi connectivity index (χ1n) is 11.8. The first-order valence-corrected chi connectivity index (χ1v) is 11.8. The molecule has 0 spiro atoms. The van der Waals surface area contributed by atoms with E-state index >= 15 is 4.39 Å². The molecule has 188 valence electrons. The van der Waals surface area contributed by atoms with Crippen molar-refractivity contribution < 1.29 is 28.2 Å². The van der Waals surface area contributed by atoms with Gasteiger partial charge < -0.3 is 19.9 Å². The minimum Gasteiger partial charge on any atom is -0.380 e. The monoisotopic (exact) mass is 494 g/mol. The minimum absolute atomic E-state index is 0.0382. The Labute approximate surface area is 208 Å². The molecule has 0 bridgehead atoms. The zero-order chi connectivity index (χ0) is 25.7. The van der Waals surface area contributed by atoms with Gasteiger partial charge in [-0.15, -0.1) is 0 Å². The van der Waals surface area contributed by atoms with E-state index in [0.29, 0.717) is 22.4 Å². The Morgan fingerprint density at radius 3 is 2.33 bits per heavy atom. The highest BCUT2D eigenvalue weighted by molar-refractivity contribution is 6.04. The number of benzene rings is 2. The van der Waals surface area contributed by atoms with E-state index in [1.165, 1.54) is 32.2 Å². The van der Waals surface area contributed by atoms with Crippen molar-refractivity contribution >= 4 is 11.6 Å². The van der Waals surface area contributed by atoms with Crippen LogP contribution >= 0.6 is 0 Å². The predicted octanol–water partition coefficient (Wildman–Crippen LogP) is 4.93. The van der Waals surface area contributed by atoms with Gasteiger partial charge in [-0.1, -0.05) is 6.07 Å². The summed E-state index contributed by atoms with van der Waals surface area (Å²) in [6, 6.07) is 13.7. The summed E-state index contributed by atoms with van der Waals surface area (Å²) in [6.07, 6.45) is 1.41. The van der Waals surface area contributed by atoms with Crippen molar-refractivity contribution in [3.8, 4) is 11.1 Å². The van der Waals surface area contributed by atoms with Crippen LogP contribution in [-0.4, -0.2) is 42.4 Å². The third-order valence-electron chi connectivity index (χ3n) is 6.77. The van der Waals surface area contributed by atoms with E-state index in [1.54, 1.807) is 24.3 Å². The normalized spacial score (nSPS) is 18.2. The van der Waals surface area contributed by atoms with Crippen molar-refractivity contribution in [1.29, 1.82) is 0 Å². The van der Waals surface area contributed by atoms with Gasteiger partial charge in [-0.3, -0.25) is 9.78 Å². The number of aromatic nitrogens is 1. The van der Waals surface area contributed by atoms with E-state index in [9.17, 15) is 14.3 Å². The summed E-state index contributed by atoms with van der Waals surface area (Å²) >= 11 is 0. The molecule has 1 amide bonds. The zero-order valence-corrected chi connectivity index (χ0v) is 20.4. The summed E-state index contributed by atoms with van der Waals surface area (Å²) in [5.41, 5.74) is -0.0563. The van der Waals surface area contributed by atoms with E-state index < -0.39 is 22.8 Å². The standard InChI is InChI=1S/C28H28F2N2O4/c1-17-4-5-22(32-25(33)18-6-7-31-24(10-18)26(2,3)29)12-23(17)19-8-20(27(30)13-35-14-27)11-21(9-19)28(34)15-36-16-28/h4-12,34H,13-16H2,1-3H3,(H,32,33). The zero-order valence-electron chi connectivity index (χ0n) is 20.4. The van der Waals surface area contributed by atoms with Gasteiger partial charge in [0.05, 0.1) is 32.1 Å². The molecule has 2 aliphatic heterocycles. The van der Waals surface area contributed by atoms with Crippen LogP contribution in [-0.2, 0) is 26.4 Å². The molecule has 2 saturated heterocycles. The lowest BCUT2D eigenvalue weighted by Gasteiger charge is -2.39. The van der Waals surface area contributed by atoms with Gasteiger partial charge in [-0.05, 0) is 91.1 Å². The number of nitrogens with zero attached hydrogens (tertiary/aromatic N) is 1. The van der Waals surface area contributed by atoms with Crippen molar-refractivity contribution in [2.75, 3.05) is 31.7 Å². The minimum atomic E-state index is -1.68. The molecule has 2 N–H and O–H groups in total. The molecule has 6 nitrogen and oxygen atoms in total. The Kier molecular flexibility index (Phi) is 5.94. The molecule has 8 heteroatoms. The van der Waals surface area contributed by atoms with Crippen LogP contribution in [0.15, 0.2) is 54.7 Å². The van der Waals surface area contributed by atoms with Gasteiger partial charge in [-0.2, -0.15) is 0 Å². The molecule has 0 unspecified atom stereocenters. The van der Waals surface area contributed by atoms with Crippen LogP contribution in [0.1, 0.15) is 46.6 Å². The number of halogens is 2. The first kappa shape index (κ1) is 24.5. The van der Waals surface area contributed by atoms with Crippen LogP contribution in [0.5, 0.6) is 0 Å². The van der Waals surface area contributed by atoms with Crippen molar-refractivity contribution in [2.45, 2.75) is 37.7 Å². The Bertz CT molecular complexity index is 1290. The fourth-order valence-corrected chi connectivity index (χ4v) is 4.33. The largest absolute Gasteiger partial charge is 0.380 e. The van der Waals surface area contributed by atoms with Gasteiger partial charge in [-0.25, -0.2) is 8.78 Å². The Morgan fingerprint density at radius 1 is 1.03 bits per heavy atom. The maximum absolute atomic E-state index is 15.4. The molecule has 3 heterocycles. The number of pyridine rings is 1. The fourth-order valence-electron chi connectivity index (χ4n) is 4.33. The predicted molar refractivity (Wildman–Crippen MR) is 131 cm³/mol. The topological polar surface area (TPSA) is 80.7 Å². The van der Waals surface area contributed by atoms with E-state index in [-0.39, 0.29) is 37.7 Å². The van der Waals surface area contributed by atoms with E-state index in [4.69, 9.17) is 9.47 Å². The number of ether oxygens (including phenoxy) is 2. The first-order chi connectivity index (χ1) is 17.0. The summed E-state index contributed by atoms with van der Waals surface area (Å²) < 4.78 is 40.0. The molecule has 5 rings (SSSR count). The summed E-state index contributed by atoms with van der Waals surface area (Å²) in [5.74, 6) is -0.401. The Hall–Kier alpha value is -3.20. The molecule has 0 aliphatic carbocycles. The van der Waals surface area contributed by atoms with Gasteiger partial charge in [0.1, 0.15) is 11.3 Å². The second-order valence-electron chi connectivity index (χ2n) is 10.2. The maximum Gasteiger partial charge on any atom is 0.255 e. The molecule has 0 radical (unpaired) electrons. The number of carbonyl (C=O) groups excluding carboxylic acids is 1. The van der Waals surface area contributed by atoms with Crippen molar-refractivity contribution in [1.82, 2.24) is 4.98 Å². The Balaban J connectivity index is 1.49. The van der Waals surface area contributed by atoms with Gasteiger partial charge in [0.15, 0.2) is 5.67 Å². The van der Waals surface area contributed by atoms with Crippen molar-refractivity contribution in [3.63, 3.8) is 0 Å². The van der Waals surface area contributed by atoms with Gasteiger partial charge in [0.2, 0.25) is 0 Å². The summed E-state index contributed by atoms with van der Waals surface area (Å²) in [7, 11) is 0. The number of rotatable bonds is 6. The van der Waals surface area contributed by atoms with Crippen LogP contribution in [0.25, 0.3) is 11.1 Å². The third-order valence-corrected chi connectivity index (χ3v) is 6.77. The lowest BCUT2D eigenvalue weighted by molar-refractivity contribution is -0.184. The highest BCUT2D eigenvalue weighted by atomic mass is 19.1. The van der Waals surface area contributed by atoms with Crippen LogP contribution in [0.3, 0.4) is 0 Å². The number of aliphatic hydroxyl groups is 1. The molecular weight excluding hydrogens is 466 g/mol. The third kappa shape index (κ3) is 4.52. The number of anilines is 1. The average molecular weight is 495 g/mol. The van der Waals surface area contributed by atoms with Gasteiger partial charge in [0, 0.05) is 17.4 Å². The lowest BCUT2D eigenvalue weighted by Crippen LogP contribution is -2.47. The molecular formula is C28H28F2N2O4. The maximum atomic E-state index is 15.4. The van der Waals surface area contributed by atoms with E-state index in [0.717, 1.165) is 11.1 Å². The van der Waals surface area contributed by atoms with Gasteiger partial charge in [0.25, 0.3) is 5.91 Å². The smallest absolute Gasteiger partial charge is 0.255 e. The molecule has 2 fully saturated rings. The lowest BCUT2D eigenvalue weighted by atomic mass is 9.83. The number of amides is 1. The molecule has 2 aliphatic rings. The SMILES string of the molecule is Cc1ccc(NC(=O)c2ccnc(C(C)(C)F)c2)cc1-c1cc(C2(O)COC2)cc(C2(F)COC2)c1. The molecule has 0 saturated carbocycles. The fraction of sp³-hybridized carbons (Fsp3) is 0.357. The Morgan fingerprint density at radius 2 is 1.72 bits per heavy atom.